The third-order valence-electron chi connectivity index (χ3n) is 3.71. The van der Waals surface area contributed by atoms with Gasteiger partial charge >= 0.3 is 12.1 Å². The second-order valence-corrected chi connectivity index (χ2v) is 6.63. The fraction of sp³-hybridized carbons (Fsp3) is 0.833. The Kier molecular flexibility index (Phi) is 12.5. The molecule has 25 heavy (non-hydrogen) atoms. The van der Waals surface area contributed by atoms with E-state index >= 15 is 0 Å². The Bertz CT molecular complexity index is 412. The molecule has 0 aliphatic heterocycles. The summed E-state index contributed by atoms with van der Waals surface area (Å²) in [5.41, 5.74) is 0. The van der Waals surface area contributed by atoms with Gasteiger partial charge < -0.3 is 20.1 Å². The zero-order chi connectivity index (χ0) is 19.2. The summed E-state index contributed by atoms with van der Waals surface area (Å²) in [6, 6.07) is -1.52. The lowest BCUT2D eigenvalue weighted by atomic mass is 10.0. The van der Waals surface area contributed by atoms with Gasteiger partial charge in [0.15, 0.2) is 0 Å². The zero-order valence-electron chi connectivity index (χ0n) is 16.2. The van der Waals surface area contributed by atoms with Crippen LogP contribution in [0, 0.1) is 5.92 Å². The van der Waals surface area contributed by atoms with Crippen molar-refractivity contribution in [2.24, 2.45) is 5.92 Å². The maximum absolute atomic E-state index is 12.3. The van der Waals surface area contributed by atoms with Crippen LogP contribution in [0.25, 0.3) is 0 Å². The normalized spacial score (nSPS) is 13.0. The molecule has 0 bridgehead atoms. The van der Waals surface area contributed by atoms with Crippen LogP contribution < -0.4 is 10.6 Å². The van der Waals surface area contributed by atoms with E-state index in [1.807, 2.05) is 13.8 Å². The van der Waals surface area contributed by atoms with Crippen LogP contribution in [-0.2, 0) is 19.1 Å². The standard InChI is InChI=1S/C18H34N2O5/c1-6-7-8-9-10-11-25-17(22)14(4)19-16(21)15(12-13(2)3)20-18(23)24-5/h13-15H,6-12H2,1-5H3,(H,19,21)(H,20,23). The Balaban J connectivity index is 4.32. The molecule has 0 rings (SSSR count). The summed E-state index contributed by atoms with van der Waals surface area (Å²) in [4.78, 5) is 35.6. The van der Waals surface area contributed by atoms with Gasteiger partial charge in [-0.3, -0.25) is 4.79 Å². The number of hydrogen-bond acceptors (Lipinski definition) is 5. The number of carbonyl (C=O) groups is 3. The van der Waals surface area contributed by atoms with E-state index in [1.165, 1.54) is 20.0 Å². The van der Waals surface area contributed by atoms with Crippen molar-refractivity contribution >= 4 is 18.0 Å². The van der Waals surface area contributed by atoms with Crippen LogP contribution in [0.4, 0.5) is 4.79 Å². The Morgan fingerprint density at radius 3 is 2.16 bits per heavy atom. The molecule has 7 heteroatoms. The van der Waals surface area contributed by atoms with E-state index in [4.69, 9.17) is 4.74 Å². The Hall–Kier alpha value is -1.79. The second kappa shape index (κ2) is 13.5. The minimum Gasteiger partial charge on any atom is -0.464 e. The molecule has 0 aliphatic rings. The summed E-state index contributed by atoms with van der Waals surface area (Å²) in [7, 11) is 1.24. The van der Waals surface area contributed by atoms with Gasteiger partial charge in [0.25, 0.3) is 0 Å². The number of alkyl carbamates (subject to hydrolysis) is 1. The van der Waals surface area contributed by atoms with Gasteiger partial charge in [-0.25, -0.2) is 9.59 Å². The van der Waals surface area contributed by atoms with E-state index in [-0.39, 0.29) is 5.92 Å². The molecule has 0 aromatic rings. The molecule has 0 aromatic carbocycles. The number of ether oxygens (including phenoxy) is 2. The van der Waals surface area contributed by atoms with Crippen LogP contribution in [0.3, 0.4) is 0 Å². The minimum atomic E-state index is -0.766. The summed E-state index contributed by atoms with van der Waals surface area (Å²) < 4.78 is 9.72. The number of rotatable bonds is 12. The van der Waals surface area contributed by atoms with E-state index in [0.29, 0.717) is 13.0 Å². The molecule has 0 radical (unpaired) electrons. The third-order valence-corrected chi connectivity index (χ3v) is 3.71. The van der Waals surface area contributed by atoms with Gasteiger partial charge in [-0.15, -0.1) is 0 Å². The highest BCUT2D eigenvalue weighted by molar-refractivity contribution is 5.89. The molecule has 0 aromatic heterocycles. The molecule has 2 amide bonds. The van der Waals surface area contributed by atoms with E-state index in [2.05, 4.69) is 22.3 Å². The summed E-state index contributed by atoms with van der Waals surface area (Å²) in [6.45, 7) is 7.96. The SMILES string of the molecule is CCCCCCCOC(=O)C(C)NC(=O)C(CC(C)C)NC(=O)OC. The van der Waals surface area contributed by atoms with Crippen LogP contribution in [0.1, 0.15) is 66.2 Å². The number of esters is 1. The fourth-order valence-electron chi connectivity index (χ4n) is 2.28. The monoisotopic (exact) mass is 358 g/mol. The summed E-state index contributed by atoms with van der Waals surface area (Å²) >= 11 is 0. The lowest BCUT2D eigenvalue weighted by molar-refractivity contribution is -0.147. The zero-order valence-corrected chi connectivity index (χ0v) is 16.2. The predicted octanol–water partition coefficient (Wildman–Crippen LogP) is 2.78. The van der Waals surface area contributed by atoms with Crippen molar-refractivity contribution in [1.29, 1.82) is 0 Å². The highest BCUT2D eigenvalue weighted by Crippen LogP contribution is 2.06. The largest absolute Gasteiger partial charge is 0.464 e. The minimum absolute atomic E-state index is 0.193. The number of hydrogen-bond donors (Lipinski definition) is 2. The first-order valence-corrected chi connectivity index (χ1v) is 9.13. The number of amides is 2. The van der Waals surface area contributed by atoms with Gasteiger partial charge in [-0.2, -0.15) is 0 Å². The molecule has 2 unspecified atom stereocenters. The average Bonchev–Trinajstić information content (AvgIpc) is 2.56. The van der Waals surface area contributed by atoms with E-state index in [9.17, 15) is 14.4 Å². The lowest BCUT2D eigenvalue weighted by Crippen LogP contribution is -2.51. The fourth-order valence-corrected chi connectivity index (χ4v) is 2.28. The van der Waals surface area contributed by atoms with Gasteiger partial charge in [0, 0.05) is 0 Å². The van der Waals surface area contributed by atoms with Crippen LogP contribution in [0.2, 0.25) is 0 Å². The predicted molar refractivity (Wildman–Crippen MR) is 96.1 cm³/mol. The maximum Gasteiger partial charge on any atom is 0.407 e. The van der Waals surface area contributed by atoms with Crippen molar-refractivity contribution in [3.05, 3.63) is 0 Å². The van der Waals surface area contributed by atoms with Gasteiger partial charge in [-0.05, 0) is 25.7 Å². The highest BCUT2D eigenvalue weighted by atomic mass is 16.5. The first-order valence-electron chi connectivity index (χ1n) is 9.13. The first kappa shape index (κ1) is 23.2. The number of methoxy groups -OCH3 is 1. The molecule has 0 fully saturated rings. The molecule has 0 saturated carbocycles. The van der Waals surface area contributed by atoms with Crippen molar-refractivity contribution in [3.8, 4) is 0 Å². The van der Waals surface area contributed by atoms with Gasteiger partial charge in [-0.1, -0.05) is 46.5 Å². The van der Waals surface area contributed by atoms with Crippen LogP contribution in [-0.4, -0.2) is 43.8 Å². The number of nitrogens with one attached hydrogen (secondary N) is 2. The average molecular weight is 358 g/mol. The van der Waals surface area contributed by atoms with Crippen LogP contribution in [0.15, 0.2) is 0 Å². The molecule has 2 atom stereocenters. The van der Waals surface area contributed by atoms with Gasteiger partial charge in [0.05, 0.1) is 13.7 Å². The smallest absolute Gasteiger partial charge is 0.407 e. The second-order valence-electron chi connectivity index (χ2n) is 6.63. The molecular formula is C18H34N2O5. The first-order chi connectivity index (χ1) is 11.8. The van der Waals surface area contributed by atoms with Crippen LogP contribution >= 0.6 is 0 Å². The van der Waals surface area contributed by atoms with Gasteiger partial charge in [0.2, 0.25) is 5.91 Å². The third kappa shape index (κ3) is 11.4. The van der Waals surface area contributed by atoms with Crippen molar-refractivity contribution in [1.82, 2.24) is 10.6 Å². The van der Waals surface area contributed by atoms with Gasteiger partial charge in [0.1, 0.15) is 12.1 Å². The molecular weight excluding hydrogens is 324 g/mol. The summed E-state index contributed by atoms with van der Waals surface area (Å²) in [5, 5.41) is 5.08. The van der Waals surface area contributed by atoms with Crippen molar-refractivity contribution in [3.63, 3.8) is 0 Å². The van der Waals surface area contributed by atoms with Crippen LogP contribution in [0.5, 0.6) is 0 Å². The Labute approximate surface area is 151 Å². The maximum atomic E-state index is 12.3. The quantitative estimate of drug-likeness (QED) is 0.413. The molecule has 0 aliphatic carbocycles. The molecule has 0 saturated heterocycles. The van der Waals surface area contributed by atoms with Crippen molar-refractivity contribution in [2.45, 2.75) is 78.3 Å². The lowest BCUT2D eigenvalue weighted by Gasteiger charge is -2.21. The highest BCUT2D eigenvalue weighted by Gasteiger charge is 2.25. The number of unbranched alkanes of at least 4 members (excludes halogenated alkanes) is 4. The Morgan fingerprint density at radius 2 is 1.60 bits per heavy atom. The van der Waals surface area contributed by atoms with Crippen molar-refractivity contribution < 1.29 is 23.9 Å². The van der Waals surface area contributed by atoms with E-state index in [0.717, 1.165) is 19.3 Å². The van der Waals surface area contributed by atoms with E-state index in [1.54, 1.807) is 6.92 Å². The molecule has 2 N–H and O–H groups in total. The number of carbonyl (C=O) groups excluding carboxylic acids is 3. The molecule has 0 heterocycles. The molecule has 146 valence electrons. The molecule has 7 nitrogen and oxygen atoms in total. The Morgan fingerprint density at radius 1 is 0.960 bits per heavy atom. The molecule has 0 spiro atoms. The van der Waals surface area contributed by atoms with Crippen molar-refractivity contribution in [2.75, 3.05) is 13.7 Å². The topological polar surface area (TPSA) is 93.7 Å². The van der Waals surface area contributed by atoms with E-state index < -0.39 is 30.1 Å². The summed E-state index contributed by atoms with van der Waals surface area (Å²) in [5.74, 6) is -0.699. The summed E-state index contributed by atoms with van der Waals surface area (Å²) in [6.07, 6.45) is 5.11.